The lowest BCUT2D eigenvalue weighted by Gasteiger charge is -2.03. The molecule has 0 aromatic heterocycles. The number of rotatable bonds is 0. The van der Waals surface area contributed by atoms with Gasteiger partial charge >= 0.3 is 0 Å². The van der Waals surface area contributed by atoms with Crippen molar-refractivity contribution >= 4 is 6.08 Å². The van der Waals surface area contributed by atoms with Crippen molar-refractivity contribution in [3.63, 3.8) is 0 Å². The van der Waals surface area contributed by atoms with Gasteiger partial charge in [-0.2, -0.15) is 0 Å². The molecular weight excluding hydrogens is 140 g/mol. The molecule has 1 aliphatic carbocycles. The molecule has 1 aliphatic rings. The van der Waals surface area contributed by atoms with E-state index >= 15 is 0 Å². The molecule has 2 heteroatoms. The van der Waals surface area contributed by atoms with E-state index in [0.717, 1.165) is 11.1 Å². The average Bonchev–Trinajstić information content (AvgIpc) is 2.30. The second-order valence-electron chi connectivity index (χ2n) is 2.60. The molecule has 1 aromatic carbocycles. The van der Waals surface area contributed by atoms with Crippen LogP contribution in [0.5, 0.6) is 0 Å². The molecular formula is C9H8O2. The predicted molar refractivity (Wildman–Crippen MR) is 42.0 cm³/mol. The lowest BCUT2D eigenvalue weighted by molar-refractivity contribution is 0.162. The van der Waals surface area contributed by atoms with Crippen LogP contribution in [0.1, 0.15) is 17.2 Å². The Bertz CT molecular complexity index is 315. The third kappa shape index (κ3) is 0.835. The SMILES string of the molecule is OC1=Cc2ccccc2C1O. The molecule has 56 valence electrons. The van der Waals surface area contributed by atoms with Crippen LogP contribution < -0.4 is 0 Å². The van der Waals surface area contributed by atoms with E-state index in [1.807, 2.05) is 18.2 Å². The van der Waals surface area contributed by atoms with E-state index in [0.29, 0.717) is 0 Å². The summed E-state index contributed by atoms with van der Waals surface area (Å²) in [7, 11) is 0. The lowest BCUT2D eigenvalue weighted by atomic mass is 10.1. The highest BCUT2D eigenvalue weighted by molar-refractivity contribution is 5.63. The van der Waals surface area contributed by atoms with Crippen LogP contribution in [0, 0.1) is 0 Å². The van der Waals surface area contributed by atoms with Gasteiger partial charge in [-0.3, -0.25) is 0 Å². The van der Waals surface area contributed by atoms with E-state index in [-0.39, 0.29) is 5.76 Å². The summed E-state index contributed by atoms with van der Waals surface area (Å²) < 4.78 is 0. The van der Waals surface area contributed by atoms with Gasteiger partial charge in [0, 0.05) is 0 Å². The van der Waals surface area contributed by atoms with Crippen LogP contribution >= 0.6 is 0 Å². The van der Waals surface area contributed by atoms with Crippen molar-refractivity contribution in [2.24, 2.45) is 0 Å². The summed E-state index contributed by atoms with van der Waals surface area (Å²) in [5.74, 6) is 0.0335. The summed E-state index contributed by atoms with van der Waals surface area (Å²) in [6, 6.07) is 7.39. The first kappa shape index (κ1) is 6.43. The zero-order valence-electron chi connectivity index (χ0n) is 5.86. The molecule has 0 amide bonds. The van der Waals surface area contributed by atoms with Gasteiger partial charge in [-0.05, 0) is 17.2 Å². The van der Waals surface area contributed by atoms with Crippen molar-refractivity contribution in [3.05, 3.63) is 41.2 Å². The van der Waals surface area contributed by atoms with Crippen molar-refractivity contribution in [1.29, 1.82) is 0 Å². The van der Waals surface area contributed by atoms with Crippen molar-refractivity contribution in [2.45, 2.75) is 6.10 Å². The van der Waals surface area contributed by atoms with Crippen LogP contribution in [-0.2, 0) is 0 Å². The molecule has 2 rings (SSSR count). The quantitative estimate of drug-likeness (QED) is 0.587. The average molecular weight is 148 g/mol. The second-order valence-corrected chi connectivity index (χ2v) is 2.60. The fraction of sp³-hybridized carbons (Fsp3) is 0.111. The van der Waals surface area contributed by atoms with E-state index in [2.05, 4.69) is 0 Å². The maximum absolute atomic E-state index is 9.33. The van der Waals surface area contributed by atoms with E-state index in [9.17, 15) is 5.11 Å². The standard InChI is InChI=1S/C9H8O2/c10-8-5-6-3-1-2-4-7(6)9(8)11/h1-5,9-11H. The Morgan fingerprint density at radius 2 is 1.91 bits per heavy atom. The van der Waals surface area contributed by atoms with Crippen LogP contribution in [-0.4, -0.2) is 10.2 Å². The van der Waals surface area contributed by atoms with E-state index < -0.39 is 6.10 Å². The fourth-order valence-electron chi connectivity index (χ4n) is 1.29. The van der Waals surface area contributed by atoms with Crippen molar-refractivity contribution in [2.75, 3.05) is 0 Å². The van der Waals surface area contributed by atoms with Gasteiger partial charge in [0.1, 0.15) is 11.9 Å². The summed E-state index contributed by atoms with van der Waals surface area (Å²) in [4.78, 5) is 0. The number of aliphatic hydroxyl groups excluding tert-OH is 2. The molecule has 11 heavy (non-hydrogen) atoms. The second kappa shape index (κ2) is 2.10. The maximum Gasteiger partial charge on any atom is 0.136 e. The Labute approximate surface area is 64.4 Å². The maximum atomic E-state index is 9.33. The summed E-state index contributed by atoms with van der Waals surface area (Å²) in [5, 5.41) is 18.5. The van der Waals surface area contributed by atoms with Gasteiger partial charge < -0.3 is 10.2 Å². The molecule has 0 heterocycles. The van der Waals surface area contributed by atoms with Crippen LogP contribution in [0.25, 0.3) is 6.08 Å². The molecule has 2 nitrogen and oxygen atoms in total. The van der Waals surface area contributed by atoms with Crippen molar-refractivity contribution in [3.8, 4) is 0 Å². The minimum Gasteiger partial charge on any atom is -0.509 e. The molecule has 0 bridgehead atoms. The highest BCUT2D eigenvalue weighted by atomic mass is 16.3. The monoisotopic (exact) mass is 148 g/mol. The summed E-state index contributed by atoms with van der Waals surface area (Å²) in [5.41, 5.74) is 1.68. The number of hydrogen-bond acceptors (Lipinski definition) is 2. The first-order valence-electron chi connectivity index (χ1n) is 3.46. The van der Waals surface area contributed by atoms with E-state index in [1.165, 1.54) is 0 Å². The molecule has 0 spiro atoms. The topological polar surface area (TPSA) is 40.5 Å². The van der Waals surface area contributed by atoms with Gasteiger partial charge in [-0.25, -0.2) is 0 Å². The minimum atomic E-state index is -0.814. The Hall–Kier alpha value is -1.28. The Balaban J connectivity index is 2.58. The van der Waals surface area contributed by atoms with E-state index in [1.54, 1.807) is 12.1 Å². The van der Waals surface area contributed by atoms with Gasteiger partial charge in [-0.1, -0.05) is 24.3 Å². The molecule has 0 radical (unpaired) electrons. The first-order valence-corrected chi connectivity index (χ1v) is 3.46. The Morgan fingerprint density at radius 3 is 2.64 bits per heavy atom. The number of fused-ring (bicyclic) bond motifs is 1. The molecule has 0 fully saturated rings. The predicted octanol–water partition coefficient (Wildman–Crippen LogP) is 1.63. The van der Waals surface area contributed by atoms with Crippen molar-refractivity contribution < 1.29 is 10.2 Å². The summed E-state index contributed by atoms with van der Waals surface area (Å²) in [6.07, 6.45) is 0.770. The molecule has 1 atom stereocenters. The minimum absolute atomic E-state index is 0.0335. The van der Waals surface area contributed by atoms with Gasteiger partial charge in [0.05, 0.1) is 0 Å². The van der Waals surface area contributed by atoms with Crippen LogP contribution in [0.15, 0.2) is 30.0 Å². The zero-order chi connectivity index (χ0) is 7.84. The number of aliphatic hydroxyl groups is 2. The smallest absolute Gasteiger partial charge is 0.136 e. The molecule has 0 saturated carbocycles. The van der Waals surface area contributed by atoms with E-state index in [4.69, 9.17) is 5.11 Å². The van der Waals surface area contributed by atoms with Gasteiger partial charge in [0.25, 0.3) is 0 Å². The van der Waals surface area contributed by atoms with Crippen LogP contribution in [0.4, 0.5) is 0 Å². The third-order valence-corrected chi connectivity index (χ3v) is 1.87. The first-order chi connectivity index (χ1) is 5.29. The highest BCUT2D eigenvalue weighted by Gasteiger charge is 2.21. The summed E-state index contributed by atoms with van der Waals surface area (Å²) >= 11 is 0. The zero-order valence-corrected chi connectivity index (χ0v) is 5.86. The largest absolute Gasteiger partial charge is 0.509 e. The van der Waals surface area contributed by atoms with Crippen molar-refractivity contribution in [1.82, 2.24) is 0 Å². The number of hydrogen-bond donors (Lipinski definition) is 2. The number of benzene rings is 1. The van der Waals surface area contributed by atoms with Gasteiger partial charge in [0.2, 0.25) is 0 Å². The normalized spacial score (nSPS) is 21.2. The molecule has 1 unspecified atom stereocenters. The highest BCUT2D eigenvalue weighted by Crippen LogP contribution is 2.31. The Kier molecular flexibility index (Phi) is 1.23. The third-order valence-electron chi connectivity index (χ3n) is 1.87. The van der Waals surface area contributed by atoms with Gasteiger partial charge in [0.15, 0.2) is 0 Å². The molecule has 1 aromatic rings. The molecule has 0 saturated heterocycles. The fourth-order valence-corrected chi connectivity index (χ4v) is 1.29. The summed E-state index contributed by atoms with van der Waals surface area (Å²) in [6.45, 7) is 0. The Morgan fingerprint density at radius 1 is 1.18 bits per heavy atom. The van der Waals surface area contributed by atoms with Gasteiger partial charge in [-0.15, -0.1) is 0 Å². The molecule has 0 aliphatic heterocycles. The van der Waals surface area contributed by atoms with Crippen LogP contribution in [0.3, 0.4) is 0 Å². The molecule has 2 N–H and O–H groups in total. The van der Waals surface area contributed by atoms with Crippen LogP contribution in [0.2, 0.25) is 0 Å². The lowest BCUT2D eigenvalue weighted by Crippen LogP contribution is -1.94.